The molecule has 0 radical (unpaired) electrons. The molecule has 5 nitrogen and oxygen atoms in total. The largest absolute Gasteiger partial charge is 0.353 e. The summed E-state index contributed by atoms with van der Waals surface area (Å²) in [4.78, 5) is 14.1. The van der Waals surface area contributed by atoms with Crippen LogP contribution >= 0.6 is 0 Å². The smallest absolute Gasteiger partial charge is 0.224 e. The van der Waals surface area contributed by atoms with Crippen LogP contribution in [-0.4, -0.2) is 48.1 Å². The Morgan fingerprint density at radius 2 is 1.92 bits per heavy atom. The summed E-state index contributed by atoms with van der Waals surface area (Å²) in [5, 5.41) is 3.39. The molecule has 5 heteroatoms. The minimum Gasteiger partial charge on any atom is -0.353 e. The third-order valence-corrected chi connectivity index (χ3v) is 4.97. The van der Waals surface area contributed by atoms with E-state index >= 15 is 0 Å². The van der Waals surface area contributed by atoms with Gasteiger partial charge < -0.3 is 15.1 Å². The maximum absolute atomic E-state index is 4.84. The highest BCUT2D eigenvalue weighted by Gasteiger charge is 2.24. The van der Waals surface area contributed by atoms with Crippen LogP contribution < -0.4 is 10.2 Å². The molecule has 2 aromatic rings. The first-order valence-corrected chi connectivity index (χ1v) is 9.55. The first-order valence-electron chi connectivity index (χ1n) is 9.55. The van der Waals surface area contributed by atoms with Crippen LogP contribution in [0.25, 0.3) is 0 Å². The lowest BCUT2D eigenvalue weighted by Crippen LogP contribution is -2.39. The monoisotopic (exact) mass is 353 g/mol. The quantitative estimate of drug-likeness (QED) is 0.861. The summed E-state index contributed by atoms with van der Waals surface area (Å²) < 4.78 is 0. The molecular formula is C21H31N5. The van der Waals surface area contributed by atoms with Crippen molar-refractivity contribution in [1.82, 2.24) is 14.9 Å². The lowest BCUT2D eigenvalue weighted by Gasteiger charge is -2.36. The molecule has 3 rings (SSSR count). The van der Waals surface area contributed by atoms with Gasteiger partial charge in [0.25, 0.3) is 0 Å². The number of hydrogen-bond donors (Lipinski definition) is 1. The third-order valence-electron chi connectivity index (χ3n) is 4.97. The predicted octanol–water partition coefficient (Wildman–Crippen LogP) is 3.52. The van der Waals surface area contributed by atoms with Gasteiger partial charge in [0.1, 0.15) is 5.82 Å². The summed E-state index contributed by atoms with van der Waals surface area (Å²) in [6.07, 6.45) is 1.06. The normalized spacial score (nSPS) is 16.9. The van der Waals surface area contributed by atoms with Gasteiger partial charge in [-0.2, -0.15) is 4.98 Å². The van der Waals surface area contributed by atoms with Crippen LogP contribution in [-0.2, 0) is 13.0 Å². The summed E-state index contributed by atoms with van der Waals surface area (Å²) in [6.45, 7) is 9.36. The molecule has 0 unspecified atom stereocenters. The number of hydrogen-bond acceptors (Lipinski definition) is 5. The van der Waals surface area contributed by atoms with Crippen LogP contribution in [0.3, 0.4) is 0 Å². The molecule has 1 N–H and O–H groups in total. The molecule has 1 atom stereocenters. The van der Waals surface area contributed by atoms with E-state index in [1.807, 2.05) is 0 Å². The zero-order valence-corrected chi connectivity index (χ0v) is 16.7. The van der Waals surface area contributed by atoms with Crippen molar-refractivity contribution >= 4 is 11.8 Å². The van der Waals surface area contributed by atoms with Crippen LogP contribution in [0.2, 0.25) is 0 Å². The van der Waals surface area contributed by atoms with Crippen LogP contribution in [0.4, 0.5) is 11.8 Å². The Hall–Kier alpha value is -2.14. The Bertz CT molecular complexity index is 741. The standard InChI is InChI=1S/C21H31N5/c1-15(2)19-13-20(24-21(23-19)22-10-11-25(4)5)26-14-18-9-7-6-8-17(18)12-16(26)3/h6-9,13,15-16H,10-12,14H2,1-5H3,(H,22,23,24)/t16-/m1/s1. The van der Waals surface area contributed by atoms with E-state index in [0.717, 1.165) is 43.5 Å². The van der Waals surface area contributed by atoms with Gasteiger partial charge in [-0.05, 0) is 44.5 Å². The zero-order chi connectivity index (χ0) is 18.7. The Labute approximate surface area is 157 Å². The molecule has 0 fully saturated rings. The van der Waals surface area contributed by atoms with Gasteiger partial charge in [0, 0.05) is 31.7 Å². The van der Waals surface area contributed by atoms with Crippen molar-refractivity contribution in [1.29, 1.82) is 0 Å². The second-order valence-corrected chi connectivity index (χ2v) is 7.81. The van der Waals surface area contributed by atoms with Gasteiger partial charge in [-0.15, -0.1) is 0 Å². The van der Waals surface area contributed by atoms with Crippen LogP contribution in [0.1, 0.15) is 43.5 Å². The number of nitrogens with one attached hydrogen (secondary N) is 1. The van der Waals surface area contributed by atoms with Crippen molar-refractivity contribution in [2.45, 2.75) is 45.7 Å². The van der Waals surface area contributed by atoms with Gasteiger partial charge in [0.2, 0.25) is 5.95 Å². The summed E-state index contributed by atoms with van der Waals surface area (Å²) >= 11 is 0. The molecule has 0 aliphatic carbocycles. The van der Waals surface area contributed by atoms with E-state index in [9.17, 15) is 0 Å². The van der Waals surface area contributed by atoms with Crippen LogP contribution in [0.15, 0.2) is 30.3 Å². The Morgan fingerprint density at radius 1 is 1.19 bits per heavy atom. The topological polar surface area (TPSA) is 44.3 Å². The highest BCUT2D eigenvalue weighted by Crippen LogP contribution is 2.29. The fourth-order valence-electron chi connectivity index (χ4n) is 3.35. The van der Waals surface area contributed by atoms with E-state index in [2.05, 4.69) is 80.3 Å². The number of rotatable bonds is 6. The maximum Gasteiger partial charge on any atom is 0.224 e. The molecule has 0 saturated heterocycles. The van der Waals surface area contributed by atoms with Crippen molar-refractivity contribution in [3.8, 4) is 0 Å². The molecule has 26 heavy (non-hydrogen) atoms. The van der Waals surface area contributed by atoms with Crippen molar-refractivity contribution in [3.05, 3.63) is 47.2 Å². The van der Waals surface area contributed by atoms with E-state index in [1.165, 1.54) is 11.1 Å². The molecule has 1 aliphatic rings. The molecule has 140 valence electrons. The minimum atomic E-state index is 0.374. The van der Waals surface area contributed by atoms with Crippen molar-refractivity contribution in [2.75, 3.05) is 37.4 Å². The van der Waals surface area contributed by atoms with Gasteiger partial charge in [0.05, 0.1) is 5.69 Å². The summed E-state index contributed by atoms with van der Waals surface area (Å²) in [5.74, 6) is 2.13. The van der Waals surface area contributed by atoms with Crippen molar-refractivity contribution in [3.63, 3.8) is 0 Å². The number of fused-ring (bicyclic) bond motifs is 1. The highest BCUT2D eigenvalue weighted by molar-refractivity contribution is 5.49. The number of nitrogens with zero attached hydrogens (tertiary/aromatic N) is 4. The van der Waals surface area contributed by atoms with Crippen molar-refractivity contribution in [2.24, 2.45) is 0 Å². The number of likely N-dealkylation sites (N-methyl/N-ethyl adjacent to an activating group) is 1. The van der Waals surface area contributed by atoms with Gasteiger partial charge in [-0.1, -0.05) is 38.1 Å². The molecule has 0 amide bonds. The number of anilines is 2. The van der Waals surface area contributed by atoms with E-state index < -0.39 is 0 Å². The second kappa shape index (κ2) is 8.04. The first kappa shape index (κ1) is 18.6. The fraction of sp³-hybridized carbons (Fsp3) is 0.524. The minimum absolute atomic E-state index is 0.374. The lowest BCUT2D eigenvalue weighted by molar-refractivity contribution is 0.425. The van der Waals surface area contributed by atoms with E-state index in [-0.39, 0.29) is 0 Å². The average Bonchev–Trinajstić information content (AvgIpc) is 2.60. The third kappa shape index (κ3) is 4.33. The summed E-state index contributed by atoms with van der Waals surface area (Å²) in [6, 6.07) is 11.3. The van der Waals surface area contributed by atoms with Gasteiger partial charge in [-0.3, -0.25) is 0 Å². The van der Waals surface area contributed by atoms with E-state index in [0.29, 0.717) is 12.0 Å². The molecule has 1 aromatic heterocycles. The Kier molecular flexibility index (Phi) is 5.77. The van der Waals surface area contributed by atoms with Gasteiger partial charge in [-0.25, -0.2) is 4.98 Å². The van der Waals surface area contributed by atoms with Gasteiger partial charge in [0.15, 0.2) is 0 Å². The van der Waals surface area contributed by atoms with Crippen LogP contribution in [0.5, 0.6) is 0 Å². The fourth-order valence-corrected chi connectivity index (χ4v) is 3.35. The molecular weight excluding hydrogens is 322 g/mol. The average molecular weight is 354 g/mol. The molecule has 0 spiro atoms. The second-order valence-electron chi connectivity index (χ2n) is 7.81. The predicted molar refractivity (Wildman–Crippen MR) is 109 cm³/mol. The number of benzene rings is 1. The van der Waals surface area contributed by atoms with E-state index in [4.69, 9.17) is 9.97 Å². The van der Waals surface area contributed by atoms with E-state index in [1.54, 1.807) is 0 Å². The summed E-state index contributed by atoms with van der Waals surface area (Å²) in [7, 11) is 4.15. The number of aromatic nitrogens is 2. The zero-order valence-electron chi connectivity index (χ0n) is 16.7. The highest BCUT2D eigenvalue weighted by atomic mass is 15.3. The van der Waals surface area contributed by atoms with Crippen LogP contribution in [0, 0.1) is 0 Å². The summed E-state index contributed by atoms with van der Waals surface area (Å²) in [5.41, 5.74) is 3.95. The Morgan fingerprint density at radius 3 is 2.62 bits per heavy atom. The molecule has 2 heterocycles. The SMILES string of the molecule is CC(C)c1cc(N2Cc3ccccc3C[C@H]2C)nc(NCCN(C)C)n1. The maximum atomic E-state index is 4.84. The molecule has 0 bridgehead atoms. The molecule has 1 aromatic carbocycles. The van der Waals surface area contributed by atoms with Crippen molar-refractivity contribution < 1.29 is 0 Å². The Balaban J connectivity index is 1.87. The lowest BCUT2D eigenvalue weighted by atomic mass is 9.95. The first-order chi connectivity index (χ1) is 12.4. The molecule has 0 saturated carbocycles. The van der Waals surface area contributed by atoms with Gasteiger partial charge >= 0.3 is 0 Å². The molecule has 1 aliphatic heterocycles.